The maximum atomic E-state index is 12.2. The van der Waals surface area contributed by atoms with Crippen LogP contribution >= 0.6 is 0 Å². The minimum Gasteiger partial charge on any atom is -0.510 e. The maximum Gasteiger partial charge on any atom is 0.296 e. The van der Waals surface area contributed by atoms with Gasteiger partial charge in [-0.15, -0.1) is 10.2 Å². The predicted molar refractivity (Wildman–Crippen MR) is 88.0 cm³/mol. The minimum atomic E-state index is -0.677. The lowest BCUT2D eigenvalue weighted by atomic mass is 10.3. The molecule has 0 spiro atoms. The molecule has 24 heavy (non-hydrogen) atoms. The highest BCUT2D eigenvalue weighted by molar-refractivity contribution is 6.03. The van der Waals surface area contributed by atoms with Crippen LogP contribution in [0, 0.1) is 10.1 Å². The number of rotatable bonds is 5. The van der Waals surface area contributed by atoms with E-state index in [-0.39, 0.29) is 22.8 Å². The van der Waals surface area contributed by atoms with Gasteiger partial charge in [-0.05, 0) is 25.1 Å². The number of hydrogen-bond acceptors (Lipinski definition) is 6. The first-order chi connectivity index (χ1) is 11.5. The molecule has 122 valence electrons. The molecule has 0 fully saturated rings. The van der Waals surface area contributed by atoms with Crippen LogP contribution in [-0.4, -0.2) is 15.9 Å². The number of hydrogen-bond donors (Lipinski definition) is 2. The second-order valence-corrected chi connectivity index (χ2v) is 4.70. The summed E-state index contributed by atoms with van der Waals surface area (Å²) in [6.07, 6.45) is 0. The second kappa shape index (κ2) is 7.63. The van der Waals surface area contributed by atoms with Gasteiger partial charge in [-0.3, -0.25) is 14.9 Å². The molecule has 2 rings (SSSR count). The molecular weight excluding hydrogens is 312 g/mol. The summed E-state index contributed by atoms with van der Waals surface area (Å²) in [6.45, 7) is 1.28. The van der Waals surface area contributed by atoms with E-state index in [4.69, 9.17) is 0 Å². The van der Waals surface area contributed by atoms with Gasteiger partial charge in [0.2, 0.25) is 0 Å². The van der Waals surface area contributed by atoms with Crippen LogP contribution in [-0.2, 0) is 4.79 Å². The van der Waals surface area contributed by atoms with E-state index in [1.807, 2.05) is 0 Å². The van der Waals surface area contributed by atoms with E-state index in [1.165, 1.54) is 25.1 Å². The lowest BCUT2D eigenvalue weighted by Crippen LogP contribution is -2.14. The molecule has 0 saturated heterocycles. The normalized spacial score (nSPS) is 11.9. The van der Waals surface area contributed by atoms with Crippen molar-refractivity contribution < 1.29 is 14.8 Å². The fourth-order valence-corrected chi connectivity index (χ4v) is 1.80. The zero-order valence-corrected chi connectivity index (χ0v) is 12.7. The van der Waals surface area contributed by atoms with Crippen LogP contribution in [0.1, 0.15) is 6.92 Å². The molecule has 2 aromatic rings. The summed E-state index contributed by atoms with van der Waals surface area (Å²) in [5.74, 6) is -1.03. The molecule has 0 atom stereocenters. The summed E-state index contributed by atoms with van der Waals surface area (Å²) < 4.78 is 0. The Labute approximate surface area is 137 Å². The molecule has 0 aliphatic heterocycles. The van der Waals surface area contributed by atoms with Crippen molar-refractivity contribution in [2.24, 2.45) is 10.2 Å². The summed E-state index contributed by atoms with van der Waals surface area (Å²) in [5.41, 5.74) is -0.0902. The molecule has 8 nitrogen and oxygen atoms in total. The van der Waals surface area contributed by atoms with Gasteiger partial charge in [0.25, 0.3) is 11.6 Å². The van der Waals surface area contributed by atoms with Gasteiger partial charge in [0.1, 0.15) is 5.76 Å². The Morgan fingerprint density at radius 2 is 1.75 bits per heavy atom. The molecule has 2 aromatic carbocycles. The number of nitro benzene ring substituents is 1. The smallest absolute Gasteiger partial charge is 0.296 e. The van der Waals surface area contributed by atoms with Gasteiger partial charge in [-0.1, -0.05) is 30.3 Å². The topological polar surface area (TPSA) is 117 Å². The number of aliphatic hydroxyl groups excluding tert-OH is 1. The Morgan fingerprint density at radius 1 is 1.12 bits per heavy atom. The van der Waals surface area contributed by atoms with Crippen molar-refractivity contribution in [3.8, 4) is 0 Å². The first-order valence-corrected chi connectivity index (χ1v) is 6.90. The van der Waals surface area contributed by atoms with Crippen molar-refractivity contribution in [1.29, 1.82) is 0 Å². The van der Waals surface area contributed by atoms with Gasteiger partial charge in [-0.25, -0.2) is 0 Å². The number of aliphatic hydroxyl groups is 1. The number of para-hydroxylation sites is 2. The molecule has 0 bridgehead atoms. The summed E-state index contributed by atoms with van der Waals surface area (Å²) in [7, 11) is 0. The van der Waals surface area contributed by atoms with E-state index in [2.05, 4.69) is 15.5 Å². The number of amides is 1. The lowest BCUT2D eigenvalue weighted by Gasteiger charge is -2.05. The molecular formula is C16H14N4O4. The fourth-order valence-electron chi connectivity index (χ4n) is 1.80. The van der Waals surface area contributed by atoms with Crippen LogP contribution in [0.5, 0.6) is 0 Å². The number of carbonyl (C=O) groups excluding carboxylic acids is 1. The average molecular weight is 326 g/mol. The number of anilines is 1. The van der Waals surface area contributed by atoms with Crippen LogP contribution in [0.2, 0.25) is 0 Å². The molecule has 0 unspecified atom stereocenters. The molecule has 0 saturated carbocycles. The molecule has 0 radical (unpaired) electrons. The molecule has 0 aromatic heterocycles. The molecule has 0 aliphatic carbocycles. The SMILES string of the molecule is C/C(O)=C(\N=N\c1ccccc1[N+](=O)[O-])C(=O)Nc1ccccc1. The monoisotopic (exact) mass is 326 g/mol. The number of nitrogens with zero attached hydrogens (tertiary/aromatic N) is 3. The third-order valence-corrected chi connectivity index (χ3v) is 2.93. The van der Waals surface area contributed by atoms with Gasteiger partial charge < -0.3 is 10.4 Å². The van der Waals surface area contributed by atoms with E-state index in [0.29, 0.717) is 5.69 Å². The van der Waals surface area contributed by atoms with Gasteiger partial charge >= 0.3 is 0 Å². The highest BCUT2D eigenvalue weighted by Crippen LogP contribution is 2.27. The van der Waals surface area contributed by atoms with Crippen molar-refractivity contribution in [3.05, 3.63) is 76.2 Å². The van der Waals surface area contributed by atoms with E-state index in [0.717, 1.165) is 0 Å². The lowest BCUT2D eigenvalue weighted by molar-refractivity contribution is -0.384. The molecule has 0 heterocycles. The second-order valence-electron chi connectivity index (χ2n) is 4.70. The fraction of sp³-hybridized carbons (Fsp3) is 0.0625. The van der Waals surface area contributed by atoms with Crippen LogP contribution in [0.25, 0.3) is 0 Å². The Kier molecular flexibility index (Phi) is 5.35. The van der Waals surface area contributed by atoms with E-state index in [9.17, 15) is 20.0 Å². The molecule has 8 heteroatoms. The first kappa shape index (κ1) is 16.8. The van der Waals surface area contributed by atoms with Gasteiger partial charge in [0, 0.05) is 11.8 Å². The average Bonchev–Trinajstić information content (AvgIpc) is 2.56. The number of allylic oxidation sites excluding steroid dienone is 1. The number of nitro groups is 1. The van der Waals surface area contributed by atoms with Crippen LogP contribution < -0.4 is 5.32 Å². The Bertz CT molecular complexity index is 812. The van der Waals surface area contributed by atoms with Gasteiger partial charge in [0.15, 0.2) is 11.4 Å². The largest absolute Gasteiger partial charge is 0.510 e. The maximum absolute atomic E-state index is 12.2. The standard InChI is InChI=1S/C16H14N4O4/c1-11(21)15(16(22)17-12-7-3-2-4-8-12)19-18-13-9-5-6-10-14(13)20(23)24/h2-10,21H,1H3,(H,17,22)/b15-11+,19-18+. The minimum absolute atomic E-state index is 0.0197. The summed E-state index contributed by atoms with van der Waals surface area (Å²) in [5, 5.41) is 30.5. The molecule has 2 N–H and O–H groups in total. The first-order valence-electron chi connectivity index (χ1n) is 6.90. The predicted octanol–water partition coefficient (Wildman–Crippen LogP) is 4.11. The van der Waals surface area contributed by atoms with Crippen molar-refractivity contribution in [3.63, 3.8) is 0 Å². The van der Waals surface area contributed by atoms with Crippen molar-refractivity contribution >= 4 is 23.0 Å². The van der Waals surface area contributed by atoms with Crippen molar-refractivity contribution in [2.75, 3.05) is 5.32 Å². The Balaban J connectivity index is 2.26. The quantitative estimate of drug-likeness (QED) is 0.282. The van der Waals surface area contributed by atoms with Crippen LogP contribution in [0.4, 0.5) is 17.1 Å². The van der Waals surface area contributed by atoms with Gasteiger partial charge in [-0.2, -0.15) is 0 Å². The highest BCUT2D eigenvalue weighted by Gasteiger charge is 2.15. The third kappa shape index (κ3) is 4.23. The summed E-state index contributed by atoms with van der Waals surface area (Å²) in [6, 6.07) is 14.3. The van der Waals surface area contributed by atoms with E-state index >= 15 is 0 Å². The molecule has 1 amide bonds. The number of carbonyl (C=O) groups is 1. The van der Waals surface area contributed by atoms with E-state index < -0.39 is 10.8 Å². The number of nitrogens with one attached hydrogen (secondary N) is 1. The number of azo groups is 1. The number of benzene rings is 2. The third-order valence-electron chi connectivity index (χ3n) is 2.93. The van der Waals surface area contributed by atoms with Crippen LogP contribution in [0.3, 0.4) is 0 Å². The Hall–Kier alpha value is -3.55. The summed E-state index contributed by atoms with van der Waals surface area (Å²) >= 11 is 0. The zero-order chi connectivity index (χ0) is 17.5. The summed E-state index contributed by atoms with van der Waals surface area (Å²) in [4.78, 5) is 22.5. The van der Waals surface area contributed by atoms with Gasteiger partial charge in [0.05, 0.1) is 4.92 Å². The Morgan fingerprint density at radius 3 is 2.38 bits per heavy atom. The zero-order valence-electron chi connectivity index (χ0n) is 12.7. The van der Waals surface area contributed by atoms with Crippen molar-refractivity contribution in [2.45, 2.75) is 6.92 Å². The molecule has 0 aliphatic rings. The highest BCUT2D eigenvalue weighted by atomic mass is 16.6. The van der Waals surface area contributed by atoms with E-state index in [1.54, 1.807) is 36.4 Å². The van der Waals surface area contributed by atoms with Crippen LogP contribution in [0.15, 0.2) is 76.3 Å². The van der Waals surface area contributed by atoms with Crippen molar-refractivity contribution in [1.82, 2.24) is 0 Å².